The third-order valence-electron chi connectivity index (χ3n) is 2.50. The van der Waals surface area contributed by atoms with Crippen molar-refractivity contribution >= 4 is 21.4 Å². The predicted octanol–water partition coefficient (Wildman–Crippen LogP) is 1.45. The maximum absolute atomic E-state index is 12.1. The van der Waals surface area contributed by atoms with Crippen molar-refractivity contribution < 1.29 is 17.9 Å². The van der Waals surface area contributed by atoms with Gasteiger partial charge in [0, 0.05) is 0 Å². The SMILES string of the molecule is CC(C)CS(=O)(=O)c1ccc2c(c1)NC(=O)CO2. The maximum atomic E-state index is 12.1. The number of nitrogens with one attached hydrogen (secondary N) is 1. The second-order valence-electron chi connectivity index (χ2n) is 4.67. The van der Waals surface area contributed by atoms with Gasteiger partial charge in [0.15, 0.2) is 16.4 Å². The number of rotatable bonds is 3. The quantitative estimate of drug-likeness (QED) is 0.901. The van der Waals surface area contributed by atoms with E-state index in [1.165, 1.54) is 12.1 Å². The monoisotopic (exact) mass is 269 g/mol. The summed E-state index contributed by atoms with van der Waals surface area (Å²) in [6.07, 6.45) is 0. The van der Waals surface area contributed by atoms with Crippen molar-refractivity contribution in [3.63, 3.8) is 0 Å². The molecule has 0 atom stereocenters. The van der Waals surface area contributed by atoms with Gasteiger partial charge in [-0.3, -0.25) is 4.79 Å². The molecule has 1 N–H and O–H groups in total. The number of carbonyl (C=O) groups is 1. The van der Waals surface area contributed by atoms with E-state index in [-0.39, 0.29) is 29.1 Å². The van der Waals surface area contributed by atoms with Gasteiger partial charge in [0.05, 0.1) is 16.3 Å². The van der Waals surface area contributed by atoms with Crippen molar-refractivity contribution in [2.75, 3.05) is 17.7 Å². The standard InChI is InChI=1S/C12H15NO4S/c1-8(2)7-18(15,16)9-3-4-11-10(5-9)13-12(14)6-17-11/h3-5,8H,6-7H2,1-2H3,(H,13,14). The Kier molecular flexibility index (Phi) is 3.30. The van der Waals surface area contributed by atoms with Crippen molar-refractivity contribution in [3.05, 3.63) is 18.2 Å². The molecule has 0 saturated carbocycles. The van der Waals surface area contributed by atoms with Gasteiger partial charge >= 0.3 is 0 Å². The number of sulfone groups is 1. The predicted molar refractivity (Wildman–Crippen MR) is 67.5 cm³/mol. The summed E-state index contributed by atoms with van der Waals surface area (Å²) in [6.45, 7) is 3.66. The number of anilines is 1. The lowest BCUT2D eigenvalue weighted by Gasteiger charge is -2.18. The van der Waals surface area contributed by atoms with Gasteiger partial charge in [0.2, 0.25) is 0 Å². The van der Waals surface area contributed by atoms with E-state index in [4.69, 9.17) is 4.74 Å². The molecule has 1 heterocycles. The number of hydrogen-bond donors (Lipinski definition) is 1. The fraction of sp³-hybridized carbons (Fsp3) is 0.417. The van der Waals surface area contributed by atoms with E-state index in [2.05, 4.69) is 5.32 Å². The zero-order valence-electron chi connectivity index (χ0n) is 10.3. The lowest BCUT2D eigenvalue weighted by molar-refractivity contribution is -0.118. The second-order valence-corrected chi connectivity index (χ2v) is 6.70. The van der Waals surface area contributed by atoms with E-state index in [1.54, 1.807) is 6.07 Å². The Balaban J connectivity index is 2.37. The van der Waals surface area contributed by atoms with Gasteiger partial charge in [-0.15, -0.1) is 0 Å². The largest absolute Gasteiger partial charge is 0.482 e. The van der Waals surface area contributed by atoms with Gasteiger partial charge < -0.3 is 10.1 Å². The van der Waals surface area contributed by atoms with Crippen LogP contribution in [0.4, 0.5) is 5.69 Å². The average molecular weight is 269 g/mol. The van der Waals surface area contributed by atoms with Crippen molar-refractivity contribution in [1.82, 2.24) is 0 Å². The minimum absolute atomic E-state index is 0.0366. The van der Waals surface area contributed by atoms with Crippen LogP contribution >= 0.6 is 0 Å². The summed E-state index contributed by atoms with van der Waals surface area (Å²) in [5.41, 5.74) is 0.413. The van der Waals surface area contributed by atoms with E-state index in [0.29, 0.717) is 11.4 Å². The highest BCUT2D eigenvalue weighted by Gasteiger charge is 2.21. The molecule has 98 valence electrons. The molecule has 18 heavy (non-hydrogen) atoms. The number of ether oxygens (including phenoxy) is 1. The van der Waals surface area contributed by atoms with Gasteiger partial charge in [0.25, 0.3) is 5.91 Å². The molecule has 1 aliphatic rings. The molecule has 0 spiro atoms. The molecule has 0 bridgehead atoms. The van der Waals surface area contributed by atoms with Crippen LogP contribution in [0.3, 0.4) is 0 Å². The smallest absolute Gasteiger partial charge is 0.262 e. The summed E-state index contributed by atoms with van der Waals surface area (Å²) in [4.78, 5) is 11.4. The second kappa shape index (κ2) is 4.61. The molecule has 6 heteroatoms. The highest BCUT2D eigenvalue weighted by Crippen LogP contribution is 2.30. The summed E-state index contributed by atoms with van der Waals surface area (Å²) in [6, 6.07) is 4.53. The average Bonchev–Trinajstić information content (AvgIpc) is 2.26. The molecule has 0 saturated heterocycles. The van der Waals surface area contributed by atoms with Gasteiger partial charge in [-0.2, -0.15) is 0 Å². The van der Waals surface area contributed by atoms with E-state index >= 15 is 0 Å². The van der Waals surface area contributed by atoms with E-state index in [9.17, 15) is 13.2 Å². The first kappa shape index (κ1) is 12.9. The molecule has 0 aliphatic carbocycles. The van der Waals surface area contributed by atoms with Gasteiger partial charge in [-0.25, -0.2) is 8.42 Å². The fourth-order valence-corrected chi connectivity index (χ4v) is 3.43. The van der Waals surface area contributed by atoms with E-state index < -0.39 is 9.84 Å². The lowest BCUT2D eigenvalue weighted by Crippen LogP contribution is -2.25. The number of amides is 1. The van der Waals surface area contributed by atoms with E-state index in [0.717, 1.165) is 0 Å². The third-order valence-corrected chi connectivity index (χ3v) is 4.57. The molecule has 0 unspecified atom stereocenters. The Morgan fingerprint density at radius 1 is 1.39 bits per heavy atom. The topological polar surface area (TPSA) is 72.5 Å². The van der Waals surface area contributed by atoms with Crippen LogP contribution in [-0.4, -0.2) is 26.7 Å². The minimum atomic E-state index is -3.32. The normalized spacial score (nSPS) is 14.9. The van der Waals surface area contributed by atoms with Crippen LogP contribution in [0.25, 0.3) is 0 Å². The molecular formula is C12H15NO4S. The molecule has 0 radical (unpaired) electrons. The van der Waals surface area contributed by atoms with Gasteiger partial charge in [0.1, 0.15) is 5.75 Å². The molecule has 1 aromatic carbocycles. The first-order valence-corrected chi connectivity index (χ1v) is 7.33. The summed E-state index contributed by atoms with van der Waals surface area (Å²) in [5.74, 6) is 0.358. The first-order chi connectivity index (χ1) is 8.38. The lowest BCUT2D eigenvalue weighted by atomic mass is 10.2. The summed E-state index contributed by atoms with van der Waals surface area (Å²) < 4.78 is 29.3. The van der Waals surface area contributed by atoms with Crippen LogP contribution in [0.2, 0.25) is 0 Å². The highest BCUT2D eigenvalue weighted by atomic mass is 32.2. The summed E-state index contributed by atoms with van der Waals surface area (Å²) in [7, 11) is -3.32. The van der Waals surface area contributed by atoms with Crippen LogP contribution in [0.1, 0.15) is 13.8 Å². The van der Waals surface area contributed by atoms with Gasteiger partial charge in [-0.05, 0) is 24.1 Å². The van der Waals surface area contributed by atoms with Crippen LogP contribution < -0.4 is 10.1 Å². The van der Waals surface area contributed by atoms with Crippen LogP contribution in [0.15, 0.2) is 23.1 Å². The fourth-order valence-electron chi connectivity index (χ4n) is 1.79. The molecule has 1 aromatic rings. The molecule has 1 amide bonds. The molecule has 1 aliphatic heterocycles. The number of benzene rings is 1. The molecule has 0 aromatic heterocycles. The molecular weight excluding hydrogens is 254 g/mol. The van der Waals surface area contributed by atoms with Crippen molar-refractivity contribution in [3.8, 4) is 5.75 Å². The van der Waals surface area contributed by atoms with Crippen molar-refractivity contribution in [2.45, 2.75) is 18.7 Å². The van der Waals surface area contributed by atoms with Crippen molar-refractivity contribution in [1.29, 1.82) is 0 Å². The van der Waals surface area contributed by atoms with E-state index in [1.807, 2.05) is 13.8 Å². The zero-order chi connectivity index (χ0) is 13.3. The Morgan fingerprint density at radius 3 is 2.78 bits per heavy atom. The number of carbonyl (C=O) groups excluding carboxylic acids is 1. The van der Waals surface area contributed by atoms with Crippen LogP contribution in [-0.2, 0) is 14.6 Å². The Morgan fingerprint density at radius 2 is 2.11 bits per heavy atom. The summed E-state index contributed by atoms with van der Waals surface area (Å²) >= 11 is 0. The Labute approximate surface area is 106 Å². The third kappa shape index (κ3) is 2.64. The molecule has 5 nitrogen and oxygen atoms in total. The van der Waals surface area contributed by atoms with Gasteiger partial charge in [-0.1, -0.05) is 13.8 Å². The number of hydrogen-bond acceptors (Lipinski definition) is 4. The Bertz CT molecular complexity index is 578. The Hall–Kier alpha value is -1.56. The van der Waals surface area contributed by atoms with Crippen LogP contribution in [0, 0.1) is 5.92 Å². The minimum Gasteiger partial charge on any atom is -0.482 e. The maximum Gasteiger partial charge on any atom is 0.262 e. The molecule has 2 rings (SSSR count). The van der Waals surface area contributed by atoms with Crippen molar-refractivity contribution in [2.24, 2.45) is 5.92 Å². The van der Waals surface area contributed by atoms with Crippen LogP contribution in [0.5, 0.6) is 5.75 Å². The summed E-state index contributed by atoms with van der Waals surface area (Å²) in [5, 5.41) is 2.60. The first-order valence-electron chi connectivity index (χ1n) is 5.68. The highest BCUT2D eigenvalue weighted by molar-refractivity contribution is 7.91. The molecule has 0 fully saturated rings. The zero-order valence-corrected chi connectivity index (χ0v) is 11.1. The number of fused-ring (bicyclic) bond motifs is 1.